The molecule has 1 aliphatic rings. The van der Waals surface area contributed by atoms with Crippen LogP contribution in [0.15, 0.2) is 59.8 Å². The number of rotatable bonds is 5. The fraction of sp³-hybridized carbons (Fsp3) is 0.143. The zero-order valence-electron chi connectivity index (χ0n) is 16.4. The van der Waals surface area contributed by atoms with Gasteiger partial charge in [0, 0.05) is 24.5 Å². The molecule has 0 atom stereocenters. The average Bonchev–Trinajstić information content (AvgIpc) is 3.40. The number of aromatic nitrogens is 2. The highest BCUT2D eigenvalue weighted by Gasteiger charge is 2.16. The van der Waals surface area contributed by atoms with E-state index >= 15 is 0 Å². The Labute approximate surface area is 172 Å². The van der Waals surface area contributed by atoms with Gasteiger partial charge in [-0.2, -0.15) is 10.2 Å². The van der Waals surface area contributed by atoms with Crippen LogP contribution in [0.25, 0.3) is 0 Å². The molecule has 2 amide bonds. The molecule has 0 unspecified atom stereocenters. The fourth-order valence-corrected chi connectivity index (χ4v) is 2.92. The summed E-state index contributed by atoms with van der Waals surface area (Å²) in [5.41, 5.74) is 5.33. The summed E-state index contributed by atoms with van der Waals surface area (Å²) < 4.78 is 12.0. The van der Waals surface area contributed by atoms with E-state index in [9.17, 15) is 9.59 Å². The number of amides is 2. The Morgan fingerprint density at radius 3 is 2.67 bits per heavy atom. The predicted molar refractivity (Wildman–Crippen MR) is 110 cm³/mol. The van der Waals surface area contributed by atoms with Crippen LogP contribution in [-0.4, -0.2) is 34.1 Å². The zero-order valence-corrected chi connectivity index (χ0v) is 16.4. The van der Waals surface area contributed by atoms with Gasteiger partial charge in [-0.05, 0) is 48.9 Å². The van der Waals surface area contributed by atoms with E-state index in [4.69, 9.17) is 9.47 Å². The van der Waals surface area contributed by atoms with Crippen LogP contribution in [0.5, 0.6) is 11.5 Å². The summed E-state index contributed by atoms with van der Waals surface area (Å²) in [4.78, 5) is 24.7. The molecule has 0 saturated heterocycles. The van der Waals surface area contributed by atoms with E-state index in [0.717, 1.165) is 5.56 Å². The minimum atomic E-state index is -0.367. The van der Waals surface area contributed by atoms with Crippen molar-refractivity contribution in [1.29, 1.82) is 0 Å². The summed E-state index contributed by atoms with van der Waals surface area (Å²) in [7, 11) is 1.70. The van der Waals surface area contributed by atoms with Crippen LogP contribution in [0.4, 0.5) is 5.69 Å². The van der Waals surface area contributed by atoms with Crippen molar-refractivity contribution in [2.75, 3.05) is 12.1 Å². The van der Waals surface area contributed by atoms with Crippen LogP contribution in [-0.2, 0) is 7.05 Å². The summed E-state index contributed by atoms with van der Waals surface area (Å²) in [6.07, 6.45) is 1.56. The second kappa shape index (κ2) is 8.08. The average molecular weight is 405 g/mol. The molecule has 2 N–H and O–H groups in total. The summed E-state index contributed by atoms with van der Waals surface area (Å²) >= 11 is 0. The number of hydrazone groups is 1. The maximum Gasteiger partial charge on any atom is 0.273 e. The van der Waals surface area contributed by atoms with Crippen molar-refractivity contribution in [3.8, 4) is 11.5 Å². The lowest BCUT2D eigenvalue weighted by molar-refractivity contribution is 0.0953. The van der Waals surface area contributed by atoms with Crippen molar-refractivity contribution in [2.45, 2.75) is 6.92 Å². The molecule has 0 bridgehead atoms. The van der Waals surface area contributed by atoms with E-state index in [2.05, 4.69) is 20.9 Å². The van der Waals surface area contributed by atoms with Crippen molar-refractivity contribution >= 4 is 23.2 Å². The standard InChI is InChI=1S/C21H19N5O4/c1-13(24-25-20(27)15-6-7-18-19(11-15)30-12-29-18)14-4-3-5-16(10-14)23-21(28)17-8-9-22-26(17)2/h3-11H,12H2,1-2H3,(H,23,28)(H,25,27). The number of benzene rings is 2. The third-order valence-corrected chi connectivity index (χ3v) is 4.55. The van der Waals surface area contributed by atoms with Crippen molar-refractivity contribution in [2.24, 2.45) is 12.1 Å². The molecule has 0 radical (unpaired) electrons. The Morgan fingerprint density at radius 1 is 1.03 bits per heavy atom. The highest BCUT2D eigenvalue weighted by molar-refractivity contribution is 6.05. The van der Waals surface area contributed by atoms with Crippen LogP contribution >= 0.6 is 0 Å². The van der Waals surface area contributed by atoms with Gasteiger partial charge in [-0.3, -0.25) is 14.3 Å². The Bertz CT molecular complexity index is 1150. The number of hydrogen-bond donors (Lipinski definition) is 2. The van der Waals surface area contributed by atoms with Crippen molar-refractivity contribution in [1.82, 2.24) is 15.2 Å². The van der Waals surface area contributed by atoms with E-state index in [1.54, 1.807) is 62.6 Å². The molecule has 30 heavy (non-hydrogen) atoms. The number of fused-ring (bicyclic) bond motifs is 1. The first-order valence-electron chi connectivity index (χ1n) is 9.15. The minimum Gasteiger partial charge on any atom is -0.454 e. The van der Waals surface area contributed by atoms with Gasteiger partial charge in [0.05, 0.1) is 5.71 Å². The van der Waals surface area contributed by atoms with Crippen LogP contribution in [0.1, 0.15) is 33.3 Å². The summed E-state index contributed by atoms with van der Waals surface area (Å²) in [5.74, 6) is 0.502. The molecule has 2 heterocycles. The normalized spacial score (nSPS) is 12.5. The molecular formula is C21H19N5O4. The first-order valence-corrected chi connectivity index (χ1v) is 9.15. The zero-order chi connectivity index (χ0) is 21.1. The fourth-order valence-electron chi connectivity index (χ4n) is 2.92. The monoisotopic (exact) mass is 405 g/mol. The van der Waals surface area contributed by atoms with Crippen LogP contribution in [0.2, 0.25) is 0 Å². The quantitative estimate of drug-likeness (QED) is 0.501. The number of anilines is 1. The third kappa shape index (κ3) is 4.00. The molecule has 152 valence electrons. The minimum absolute atomic E-state index is 0.144. The molecule has 0 saturated carbocycles. The maximum absolute atomic E-state index is 12.4. The lowest BCUT2D eigenvalue weighted by Crippen LogP contribution is -2.19. The summed E-state index contributed by atoms with van der Waals surface area (Å²) in [5, 5.41) is 11.0. The van der Waals surface area contributed by atoms with Crippen LogP contribution < -0.4 is 20.2 Å². The second-order valence-electron chi connectivity index (χ2n) is 6.58. The molecule has 0 aliphatic carbocycles. The number of carbonyl (C=O) groups excluding carboxylic acids is 2. The SMILES string of the molecule is CC(=NNC(=O)c1ccc2c(c1)OCO2)c1cccc(NC(=O)c2ccnn2C)c1. The number of nitrogens with one attached hydrogen (secondary N) is 2. The molecule has 1 aliphatic heterocycles. The predicted octanol–water partition coefficient (Wildman–Crippen LogP) is 2.56. The molecule has 0 spiro atoms. The first kappa shape index (κ1) is 19.2. The Hall–Kier alpha value is -4.14. The number of carbonyl (C=O) groups is 2. The topological polar surface area (TPSA) is 107 Å². The molecule has 9 heteroatoms. The first-order chi connectivity index (χ1) is 14.5. The van der Waals surface area contributed by atoms with Crippen molar-refractivity contribution in [3.05, 3.63) is 71.5 Å². The van der Waals surface area contributed by atoms with E-state index < -0.39 is 0 Å². The van der Waals surface area contributed by atoms with Crippen molar-refractivity contribution in [3.63, 3.8) is 0 Å². The second-order valence-corrected chi connectivity index (χ2v) is 6.58. The molecule has 0 fully saturated rings. The summed E-state index contributed by atoms with van der Waals surface area (Å²) in [6.45, 7) is 1.91. The van der Waals surface area contributed by atoms with Gasteiger partial charge in [-0.25, -0.2) is 5.43 Å². The smallest absolute Gasteiger partial charge is 0.273 e. The molecule has 2 aromatic carbocycles. The Morgan fingerprint density at radius 2 is 1.87 bits per heavy atom. The largest absolute Gasteiger partial charge is 0.454 e. The number of ether oxygens (including phenoxy) is 2. The van der Waals surface area contributed by atoms with Crippen LogP contribution in [0, 0.1) is 0 Å². The lowest BCUT2D eigenvalue weighted by Gasteiger charge is -2.08. The molecule has 4 rings (SSSR count). The number of hydrogen-bond acceptors (Lipinski definition) is 6. The van der Waals surface area contributed by atoms with E-state index in [0.29, 0.717) is 34.2 Å². The molecule has 9 nitrogen and oxygen atoms in total. The summed E-state index contributed by atoms with van der Waals surface area (Å²) in [6, 6.07) is 13.8. The van der Waals surface area contributed by atoms with E-state index in [1.165, 1.54) is 4.68 Å². The van der Waals surface area contributed by atoms with Gasteiger partial charge in [-0.15, -0.1) is 0 Å². The van der Waals surface area contributed by atoms with Crippen LogP contribution in [0.3, 0.4) is 0 Å². The van der Waals surface area contributed by atoms with Gasteiger partial charge in [0.25, 0.3) is 11.8 Å². The molecular weight excluding hydrogens is 386 g/mol. The maximum atomic E-state index is 12.4. The van der Waals surface area contributed by atoms with Gasteiger partial charge >= 0.3 is 0 Å². The molecule has 3 aromatic rings. The lowest BCUT2D eigenvalue weighted by atomic mass is 10.1. The Kier molecular flexibility index (Phi) is 5.17. The van der Waals surface area contributed by atoms with Gasteiger partial charge in [0.15, 0.2) is 11.5 Å². The number of aryl methyl sites for hydroxylation is 1. The molecule has 1 aromatic heterocycles. The van der Waals surface area contributed by atoms with Gasteiger partial charge in [0.2, 0.25) is 6.79 Å². The highest BCUT2D eigenvalue weighted by atomic mass is 16.7. The van der Waals surface area contributed by atoms with Crippen molar-refractivity contribution < 1.29 is 19.1 Å². The van der Waals surface area contributed by atoms with Gasteiger partial charge in [-0.1, -0.05) is 12.1 Å². The number of nitrogens with zero attached hydrogens (tertiary/aromatic N) is 3. The third-order valence-electron chi connectivity index (χ3n) is 4.55. The van der Waals surface area contributed by atoms with E-state index in [-0.39, 0.29) is 18.6 Å². The van der Waals surface area contributed by atoms with E-state index in [1.807, 2.05) is 6.07 Å². The van der Waals surface area contributed by atoms with Gasteiger partial charge < -0.3 is 14.8 Å². The Balaban J connectivity index is 1.44. The highest BCUT2D eigenvalue weighted by Crippen LogP contribution is 2.32. The van der Waals surface area contributed by atoms with Gasteiger partial charge in [0.1, 0.15) is 5.69 Å².